The molecule has 0 radical (unpaired) electrons. The van der Waals surface area contributed by atoms with Crippen LogP contribution in [0.25, 0.3) is 11.5 Å². The first-order valence-corrected chi connectivity index (χ1v) is 6.06. The Morgan fingerprint density at radius 2 is 2.39 bits per heavy atom. The SMILES string of the molecule is CCOC(=O)c1oc(-c2ccsc2)nc1C(F)F. The third kappa shape index (κ3) is 2.40. The lowest BCUT2D eigenvalue weighted by Gasteiger charge is -1.99. The van der Waals surface area contributed by atoms with Gasteiger partial charge in [0.1, 0.15) is 0 Å². The van der Waals surface area contributed by atoms with Crippen molar-refractivity contribution >= 4 is 17.3 Å². The molecule has 0 saturated carbocycles. The normalized spacial score (nSPS) is 10.9. The molecule has 0 saturated heterocycles. The number of nitrogens with zero attached hydrogens (tertiary/aromatic N) is 1. The molecule has 0 N–H and O–H groups in total. The summed E-state index contributed by atoms with van der Waals surface area (Å²) in [6.07, 6.45) is -2.89. The fourth-order valence-corrected chi connectivity index (χ4v) is 1.96. The largest absolute Gasteiger partial charge is 0.460 e. The van der Waals surface area contributed by atoms with E-state index in [1.807, 2.05) is 0 Å². The maximum Gasteiger partial charge on any atom is 0.376 e. The van der Waals surface area contributed by atoms with Crippen molar-refractivity contribution in [1.29, 1.82) is 0 Å². The molecule has 2 aromatic rings. The third-order valence-electron chi connectivity index (χ3n) is 2.09. The van der Waals surface area contributed by atoms with Crippen LogP contribution in [-0.2, 0) is 4.74 Å². The molecule has 0 bridgehead atoms. The van der Waals surface area contributed by atoms with Gasteiger partial charge in [-0.15, -0.1) is 0 Å². The molecule has 0 fully saturated rings. The Morgan fingerprint density at radius 1 is 1.61 bits per heavy atom. The molecular weight excluding hydrogens is 264 g/mol. The number of oxazole rings is 1. The number of halogens is 2. The number of aromatic nitrogens is 1. The van der Waals surface area contributed by atoms with Crippen LogP contribution in [0.4, 0.5) is 8.78 Å². The number of esters is 1. The first kappa shape index (κ1) is 12.7. The van der Waals surface area contributed by atoms with E-state index in [0.717, 1.165) is 0 Å². The van der Waals surface area contributed by atoms with E-state index in [9.17, 15) is 13.6 Å². The number of hydrogen-bond acceptors (Lipinski definition) is 5. The Morgan fingerprint density at radius 3 is 2.94 bits per heavy atom. The highest BCUT2D eigenvalue weighted by Gasteiger charge is 2.28. The smallest absolute Gasteiger partial charge is 0.376 e. The molecule has 0 aliphatic rings. The van der Waals surface area contributed by atoms with Crippen molar-refractivity contribution in [1.82, 2.24) is 4.98 Å². The lowest BCUT2D eigenvalue weighted by Crippen LogP contribution is -2.06. The molecule has 7 heteroatoms. The third-order valence-corrected chi connectivity index (χ3v) is 2.77. The minimum absolute atomic E-state index is 0.00500. The number of thiophene rings is 1. The topological polar surface area (TPSA) is 52.3 Å². The number of carbonyl (C=O) groups excluding carboxylic acids is 1. The number of ether oxygens (including phenoxy) is 1. The van der Waals surface area contributed by atoms with E-state index < -0.39 is 23.8 Å². The van der Waals surface area contributed by atoms with Crippen molar-refractivity contribution in [2.45, 2.75) is 13.3 Å². The summed E-state index contributed by atoms with van der Waals surface area (Å²) in [6, 6.07) is 1.67. The van der Waals surface area contributed by atoms with E-state index in [-0.39, 0.29) is 12.5 Å². The summed E-state index contributed by atoms with van der Waals surface area (Å²) in [5.74, 6) is -1.47. The predicted octanol–water partition coefficient (Wildman–Crippen LogP) is 3.52. The molecule has 0 aliphatic heterocycles. The summed E-state index contributed by atoms with van der Waals surface area (Å²) >= 11 is 1.37. The standard InChI is InChI=1S/C11H9F2NO3S/c1-2-16-11(15)8-7(9(12)13)14-10(17-8)6-3-4-18-5-6/h3-5,9H,2H2,1H3. The van der Waals surface area contributed by atoms with Crippen molar-refractivity contribution in [3.63, 3.8) is 0 Å². The van der Waals surface area contributed by atoms with Gasteiger partial charge in [0, 0.05) is 10.9 Å². The molecule has 0 atom stereocenters. The first-order chi connectivity index (χ1) is 8.63. The second-order valence-corrected chi connectivity index (χ2v) is 4.05. The fourth-order valence-electron chi connectivity index (χ4n) is 1.33. The van der Waals surface area contributed by atoms with Gasteiger partial charge in [-0.3, -0.25) is 0 Å². The zero-order valence-corrected chi connectivity index (χ0v) is 10.2. The van der Waals surface area contributed by atoms with Crippen molar-refractivity contribution < 1.29 is 22.7 Å². The highest BCUT2D eigenvalue weighted by atomic mass is 32.1. The van der Waals surface area contributed by atoms with Gasteiger partial charge >= 0.3 is 5.97 Å². The van der Waals surface area contributed by atoms with Gasteiger partial charge in [0.05, 0.1) is 6.61 Å². The van der Waals surface area contributed by atoms with E-state index in [0.29, 0.717) is 5.56 Å². The zero-order valence-electron chi connectivity index (χ0n) is 9.35. The van der Waals surface area contributed by atoms with Crippen LogP contribution in [0.15, 0.2) is 21.2 Å². The fraction of sp³-hybridized carbons (Fsp3) is 0.273. The molecule has 2 heterocycles. The minimum Gasteiger partial charge on any atom is -0.460 e. The summed E-state index contributed by atoms with van der Waals surface area (Å²) in [7, 11) is 0. The van der Waals surface area contributed by atoms with Gasteiger partial charge in [-0.05, 0) is 18.4 Å². The van der Waals surface area contributed by atoms with Gasteiger partial charge in [0.2, 0.25) is 11.7 Å². The molecule has 0 spiro atoms. The van der Waals surface area contributed by atoms with Crippen LogP contribution in [0.3, 0.4) is 0 Å². The predicted molar refractivity (Wildman–Crippen MR) is 60.7 cm³/mol. The van der Waals surface area contributed by atoms with Gasteiger partial charge in [0.25, 0.3) is 6.43 Å². The number of hydrogen-bond donors (Lipinski definition) is 0. The molecule has 18 heavy (non-hydrogen) atoms. The molecule has 0 amide bonds. The van der Waals surface area contributed by atoms with Crippen molar-refractivity contribution in [3.8, 4) is 11.5 Å². The molecule has 2 aromatic heterocycles. The van der Waals surface area contributed by atoms with Crippen molar-refractivity contribution in [3.05, 3.63) is 28.3 Å². The van der Waals surface area contributed by atoms with Gasteiger partial charge in [-0.2, -0.15) is 11.3 Å². The summed E-state index contributed by atoms with van der Waals surface area (Å²) < 4.78 is 35.2. The van der Waals surface area contributed by atoms with E-state index in [2.05, 4.69) is 9.72 Å². The molecule has 0 unspecified atom stereocenters. The number of alkyl halides is 2. The van der Waals surface area contributed by atoms with Crippen LogP contribution in [0.2, 0.25) is 0 Å². The summed E-state index contributed by atoms with van der Waals surface area (Å²) in [5, 5.41) is 3.45. The second-order valence-electron chi connectivity index (χ2n) is 3.27. The number of carbonyl (C=O) groups is 1. The highest BCUT2D eigenvalue weighted by molar-refractivity contribution is 7.08. The molecule has 0 aliphatic carbocycles. The second kappa shape index (κ2) is 5.26. The number of rotatable bonds is 4. The van der Waals surface area contributed by atoms with Crippen LogP contribution in [0, 0.1) is 0 Å². The summed E-state index contributed by atoms with van der Waals surface area (Å²) in [4.78, 5) is 15.1. The van der Waals surface area contributed by atoms with Crippen LogP contribution < -0.4 is 0 Å². The highest BCUT2D eigenvalue weighted by Crippen LogP contribution is 2.29. The van der Waals surface area contributed by atoms with Crippen LogP contribution in [-0.4, -0.2) is 17.6 Å². The minimum atomic E-state index is -2.89. The van der Waals surface area contributed by atoms with Gasteiger partial charge in [0.15, 0.2) is 5.69 Å². The molecule has 4 nitrogen and oxygen atoms in total. The van der Waals surface area contributed by atoms with E-state index in [4.69, 9.17) is 4.42 Å². The van der Waals surface area contributed by atoms with Crippen molar-refractivity contribution in [2.75, 3.05) is 6.61 Å². The molecular formula is C11H9F2NO3S. The lowest BCUT2D eigenvalue weighted by molar-refractivity contribution is 0.0476. The van der Waals surface area contributed by atoms with Crippen molar-refractivity contribution in [2.24, 2.45) is 0 Å². The van der Waals surface area contributed by atoms with E-state index in [1.54, 1.807) is 23.8 Å². The Balaban J connectivity index is 2.42. The first-order valence-electron chi connectivity index (χ1n) is 5.12. The quantitative estimate of drug-likeness (QED) is 0.800. The zero-order chi connectivity index (χ0) is 13.1. The average molecular weight is 273 g/mol. The monoisotopic (exact) mass is 273 g/mol. The Bertz CT molecular complexity index is 536. The maximum absolute atomic E-state index is 12.8. The summed E-state index contributed by atoms with van der Waals surface area (Å²) in [6.45, 7) is 1.66. The van der Waals surface area contributed by atoms with E-state index in [1.165, 1.54) is 11.3 Å². The van der Waals surface area contributed by atoms with E-state index >= 15 is 0 Å². The van der Waals surface area contributed by atoms with Crippen LogP contribution in [0.5, 0.6) is 0 Å². The molecule has 0 aromatic carbocycles. The van der Waals surface area contributed by atoms with Crippen LogP contribution >= 0.6 is 11.3 Å². The molecule has 96 valence electrons. The average Bonchev–Trinajstić information content (AvgIpc) is 2.98. The lowest BCUT2D eigenvalue weighted by atomic mass is 10.3. The molecule has 2 rings (SSSR count). The maximum atomic E-state index is 12.8. The Labute approximate surface area is 105 Å². The van der Waals surface area contributed by atoms with Gasteiger partial charge < -0.3 is 9.15 Å². The summed E-state index contributed by atoms with van der Waals surface area (Å²) in [5.41, 5.74) is -0.132. The van der Waals surface area contributed by atoms with Gasteiger partial charge in [-0.25, -0.2) is 18.6 Å². The van der Waals surface area contributed by atoms with Gasteiger partial charge in [-0.1, -0.05) is 0 Å². The Hall–Kier alpha value is -1.76. The van der Waals surface area contributed by atoms with Crippen LogP contribution in [0.1, 0.15) is 29.6 Å². The Kier molecular flexibility index (Phi) is 3.71.